The normalized spacial score (nSPS) is 22.8. The number of fused-ring (bicyclic) bond motifs is 1. The van der Waals surface area contributed by atoms with Gasteiger partial charge in [-0.1, -0.05) is 12.8 Å². The number of thiazole rings is 1. The third-order valence-corrected chi connectivity index (χ3v) is 5.57. The van der Waals surface area contributed by atoms with Gasteiger partial charge < -0.3 is 0 Å². The molecule has 0 unspecified atom stereocenters. The van der Waals surface area contributed by atoms with Gasteiger partial charge in [-0.2, -0.15) is 0 Å². The molecule has 2 aliphatic rings. The number of imide groups is 1. The van der Waals surface area contributed by atoms with Gasteiger partial charge in [0.05, 0.1) is 17.5 Å². The fraction of sp³-hybridized carbons (Fsp3) is 0.333. The van der Waals surface area contributed by atoms with Gasteiger partial charge in [-0.3, -0.25) is 24.6 Å². The molecule has 0 spiro atoms. The van der Waals surface area contributed by atoms with Gasteiger partial charge in [0, 0.05) is 17.1 Å². The molecule has 1 aromatic heterocycles. The van der Waals surface area contributed by atoms with E-state index in [2.05, 4.69) is 10.3 Å². The molecule has 1 aliphatic carbocycles. The molecule has 128 valence electrons. The molecule has 2 heterocycles. The van der Waals surface area contributed by atoms with Crippen molar-refractivity contribution in [2.75, 3.05) is 10.2 Å². The summed E-state index contributed by atoms with van der Waals surface area (Å²) in [6.07, 6.45) is 5.21. The van der Waals surface area contributed by atoms with Gasteiger partial charge >= 0.3 is 0 Å². The largest absolute Gasteiger partial charge is 0.298 e. The van der Waals surface area contributed by atoms with E-state index in [-0.39, 0.29) is 29.6 Å². The summed E-state index contributed by atoms with van der Waals surface area (Å²) in [4.78, 5) is 42.7. The standard InChI is InChI=1S/C18H17N3O3S/c22-15(20-18-19-9-10-25-18)11-5-7-12(8-6-11)21-16(23)13-3-1-2-4-14(13)17(21)24/h5-10,13-14H,1-4H2,(H,19,20,22)/t13-,14-/m1/s1. The van der Waals surface area contributed by atoms with Crippen LogP contribution in [0, 0.1) is 11.8 Å². The number of benzene rings is 1. The third kappa shape index (κ3) is 2.84. The Morgan fingerprint density at radius 1 is 1.08 bits per heavy atom. The molecule has 0 bridgehead atoms. The van der Waals surface area contributed by atoms with E-state index in [1.807, 2.05) is 0 Å². The molecule has 6 nitrogen and oxygen atoms in total. The van der Waals surface area contributed by atoms with Crippen molar-refractivity contribution >= 4 is 39.9 Å². The quantitative estimate of drug-likeness (QED) is 0.858. The molecule has 7 heteroatoms. The van der Waals surface area contributed by atoms with Gasteiger partial charge in [0.25, 0.3) is 5.91 Å². The number of nitrogens with one attached hydrogen (secondary N) is 1. The maximum absolute atomic E-state index is 12.6. The molecule has 2 atom stereocenters. The summed E-state index contributed by atoms with van der Waals surface area (Å²) in [5, 5.41) is 5.02. The van der Waals surface area contributed by atoms with E-state index in [4.69, 9.17) is 0 Å². The van der Waals surface area contributed by atoms with Gasteiger partial charge in [0.15, 0.2) is 5.13 Å². The molecule has 1 aliphatic heterocycles. The van der Waals surface area contributed by atoms with Gasteiger partial charge in [-0.25, -0.2) is 4.98 Å². The van der Waals surface area contributed by atoms with Crippen molar-refractivity contribution in [1.82, 2.24) is 4.98 Å². The molecule has 1 saturated heterocycles. The fourth-order valence-electron chi connectivity index (χ4n) is 3.63. The third-order valence-electron chi connectivity index (χ3n) is 4.88. The Morgan fingerprint density at radius 2 is 1.72 bits per heavy atom. The number of anilines is 2. The zero-order valence-electron chi connectivity index (χ0n) is 13.5. The SMILES string of the molecule is O=C(Nc1nccs1)c1ccc(N2C(=O)[C@@H]3CCCC[C@H]3C2=O)cc1. The van der Waals surface area contributed by atoms with E-state index >= 15 is 0 Å². The minimum atomic E-state index is -0.269. The topological polar surface area (TPSA) is 79.4 Å². The monoisotopic (exact) mass is 355 g/mol. The second kappa shape index (κ2) is 6.40. The summed E-state index contributed by atoms with van der Waals surface area (Å²) in [7, 11) is 0. The lowest BCUT2D eigenvalue weighted by atomic mass is 9.81. The first kappa shape index (κ1) is 16.0. The van der Waals surface area contributed by atoms with Gasteiger partial charge in [-0.15, -0.1) is 11.3 Å². The van der Waals surface area contributed by atoms with Crippen LogP contribution in [0.4, 0.5) is 10.8 Å². The van der Waals surface area contributed by atoms with Crippen LogP contribution in [0.5, 0.6) is 0 Å². The highest BCUT2D eigenvalue weighted by molar-refractivity contribution is 7.13. The predicted molar refractivity (Wildman–Crippen MR) is 94.5 cm³/mol. The lowest BCUT2D eigenvalue weighted by molar-refractivity contribution is -0.122. The van der Waals surface area contributed by atoms with Gasteiger partial charge in [0.2, 0.25) is 11.8 Å². The number of rotatable bonds is 3. The molecular formula is C18H17N3O3S. The van der Waals surface area contributed by atoms with E-state index in [0.29, 0.717) is 16.4 Å². The van der Waals surface area contributed by atoms with Crippen LogP contribution in [0.25, 0.3) is 0 Å². The molecular weight excluding hydrogens is 338 g/mol. The van der Waals surface area contributed by atoms with Crippen molar-refractivity contribution in [2.24, 2.45) is 11.8 Å². The first-order valence-corrected chi connectivity index (χ1v) is 9.22. The Balaban J connectivity index is 1.53. The zero-order valence-corrected chi connectivity index (χ0v) is 14.3. The van der Waals surface area contributed by atoms with Gasteiger partial charge in [-0.05, 0) is 37.1 Å². The maximum Gasteiger partial charge on any atom is 0.257 e. The number of nitrogens with zero attached hydrogens (tertiary/aromatic N) is 2. The van der Waals surface area contributed by atoms with Crippen LogP contribution in [-0.4, -0.2) is 22.7 Å². The molecule has 25 heavy (non-hydrogen) atoms. The Bertz CT molecular complexity index is 793. The number of amides is 3. The van der Waals surface area contributed by atoms with Crippen molar-refractivity contribution in [3.05, 3.63) is 41.4 Å². The lowest BCUT2D eigenvalue weighted by Crippen LogP contribution is -2.30. The van der Waals surface area contributed by atoms with Crippen molar-refractivity contribution < 1.29 is 14.4 Å². The average Bonchev–Trinajstić information content (AvgIpc) is 3.23. The van der Waals surface area contributed by atoms with Crippen LogP contribution in [0.2, 0.25) is 0 Å². The Kier molecular flexibility index (Phi) is 4.09. The molecule has 1 N–H and O–H groups in total. The van der Waals surface area contributed by atoms with Crippen molar-refractivity contribution in [3.63, 3.8) is 0 Å². The van der Waals surface area contributed by atoms with E-state index in [0.717, 1.165) is 25.7 Å². The van der Waals surface area contributed by atoms with E-state index in [1.54, 1.807) is 35.8 Å². The summed E-state index contributed by atoms with van der Waals surface area (Å²) in [5.41, 5.74) is 0.991. The minimum absolute atomic E-state index is 0.102. The van der Waals surface area contributed by atoms with Crippen LogP contribution in [0.15, 0.2) is 35.8 Å². The number of carbonyl (C=O) groups excluding carboxylic acids is 3. The first-order chi connectivity index (χ1) is 12.1. The smallest absolute Gasteiger partial charge is 0.257 e. The zero-order chi connectivity index (χ0) is 17.4. The molecule has 0 radical (unpaired) electrons. The number of hydrogen-bond acceptors (Lipinski definition) is 5. The van der Waals surface area contributed by atoms with Crippen LogP contribution in [0.1, 0.15) is 36.0 Å². The number of hydrogen-bond donors (Lipinski definition) is 1. The lowest BCUT2D eigenvalue weighted by Gasteiger charge is -2.19. The van der Waals surface area contributed by atoms with E-state index < -0.39 is 0 Å². The molecule has 2 aromatic rings. The highest BCUT2D eigenvalue weighted by atomic mass is 32.1. The Morgan fingerprint density at radius 3 is 2.28 bits per heavy atom. The van der Waals surface area contributed by atoms with Crippen molar-refractivity contribution in [3.8, 4) is 0 Å². The van der Waals surface area contributed by atoms with Gasteiger partial charge in [0.1, 0.15) is 0 Å². The number of aromatic nitrogens is 1. The number of carbonyl (C=O) groups is 3. The Labute approximate surface area is 148 Å². The van der Waals surface area contributed by atoms with Crippen molar-refractivity contribution in [1.29, 1.82) is 0 Å². The molecule has 2 fully saturated rings. The van der Waals surface area contributed by atoms with Crippen LogP contribution in [0.3, 0.4) is 0 Å². The summed E-state index contributed by atoms with van der Waals surface area (Å²) >= 11 is 1.34. The summed E-state index contributed by atoms with van der Waals surface area (Å²) in [5.74, 6) is -0.818. The first-order valence-electron chi connectivity index (χ1n) is 8.34. The highest BCUT2D eigenvalue weighted by Crippen LogP contribution is 2.40. The maximum atomic E-state index is 12.6. The summed E-state index contributed by atoms with van der Waals surface area (Å²) in [6.45, 7) is 0. The summed E-state index contributed by atoms with van der Waals surface area (Å²) in [6, 6.07) is 6.56. The van der Waals surface area contributed by atoms with E-state index in [9.17, 15) is 14.4 Å². The second-order valence-corrected chi connectivity index (χ2v) is 7.24. The van der Waals surface area contributed by atoms with E-state index in [1.165, 1.54) is 16.2 Å². The minimum Gasteiger partial charge on any atom is -0.298 e. The predicted octanol–water partition coefficient (Wildman–Crippen LogP) is 3.08. The molecule has 3 amide bonds. The van der Waals surface area contributed by atoms with Crippen molar-refractivity contribution in [2.45, 2.75) is 25.7 Å². The van der Waals surface area contributed by atoms with Crippen LogP contribution in [-0.2, 0) is 9.59 Å². The Hall–Kier alpha value is -2.54. The van der Waals surface area contributed by atoms with Crippen LogP contribution >= 0.6 is 11.3 Å². The highest BCUT2D eigenvalue weighted by Gasteiger charge is 2.48. The second-order valence-electron chi connectivity index (χ2n) is 6.35. The fourth-order valence-corrected chi connectivity index (χ4v) is 4.16. The molecule has 4 rings (SSSR count). The summed E-state index contributed by atoms with van der Waals surface area (Å²) < 4.78 is 0. The molecule has 1 aromatic carbocycles. The van der Waals surface area contributed by atoms with Crippen LogP contribution < -0.4 is 10.2 Å². The molecule has 1 saturated carbocycles. The average molecular weight is 355 g/mol.